The molecule has 0 radical (unpaired) electrons. The van der Waals surface area contributed by atoms with Gasteiger partial charge in [0.05, 0.1) is 32.7 Å². The van der Waals surface area contributed by atoms with E-state index >= 15 is 0 Å². The summed E-state index contributed by atoms with van der Waals surface area (Å²) in [5, 5.41) is 0. The zero-order valence-electron chi connectivity index (χ0n) is 36.4. The Balaban J connectivity index is 0.000000222. The lowest BCUT2D eigenvalue weighted by Gasteiger charge is -2.39. The maximum Gasteiger partial charge on any atom is 0.323 e. The summed E-state index contributed by atoms with van der Waals surface area (Å²) in [6, 6.07) is 38.0. The molecule has 0 amide bonds. The minimum absolute atomic E-state index is 0.0140. The third kappa shape index (κ3) is 13.0. The number of allylic oxidation sites excluding steroid dienone is 1. The van der Waals surface area contributed by atoms with Crippen LogP contribution in [0.3, 0.4) is 0 Å². The summed E-state index contributed by atoms with van der Waals surface area (Å²) >= 11 is 0. The van der Waals surface area contributed by atoms with Crippen LogP contribution in [0.4, 0.5) is 0 Å². The first kappa shape index (κ1) is 48.2. The zero-order valence-corrected chi connectivity index (χ0v) is 37.4. The lowest BCUT2D eigenvalue weighted by molar-refractivity contribution is -0.176. The molecule has 1 saturated heterocycles. The van der Waals surface area contributed by atoms with Crippen molar-refractivity contribution in [1.29, 1.82) is 0 Å². The molecule has 11 heteroatoms. The van der Waals surface area contributed by atoms with Crippen LogP contribution in [0, 0.1) is 10.8 Å². The van der Waals surface area contributed by atoms with E-state index in [0.29, 0.717) is 5.56 Å². The Kier molecular flexibility index (Phi) is 17.4. The van der Waals surface area contributed by atoms with E-state index < -0.39 is 49.4 Å². The topological polar surface area (TPSA) is 131 Å². The molecule has 2 heterocycles. The van der Waals surface area contributed by atoms with E-state index in [1.54, 1.807) is 42.5 Å². The van der Waals surface area contributed by atoms with Gasteiger partial charge in [-0.1, -0.05) is 146 Å². The van der Waals surface area contributed by atoms with Crippen LogP contribution >= 0.6 is 0 Å². The van der Waals surface area contributed by atoms with Crippen molar-refractivity contribution >= 4 is 55.5 Å². The molecule has 2 aliphatic heterocycles. The molecule has 0 aromatic heterocycles. The van der Waals surface area contributed by atoms with Gasteiger partial charge in [0.1, 0.15) is 11.9 Å². The highest BCUT2D eigenvalue weighted by atomic mass is 28.4. The maximum absolute atomic E-state index is 12.9. The smallest absolute Gasteiger partial charge is 0.323 e. The van der Waals surface area contributed by atoms with Crippen LogP contribution in [-0.2, 0) is 42.6 Å². The summed E-state index contributed by atoms with van der Waals surface area (Å²) in [7, 11) is 1.01. The Morgan fingerprint density at radius 2 is 1.15 bits per heavy atom. The lowest BCUT2D eigenvalue weighted by Crippen LogP contribution is -2.54. The fourth-order valence-corrected chi connectivity index (χ4v) is 7.45. The molecule has 0 N–H and O–H groups in total. The van der Waals surface area contributed by atoms with E-state index in [1.807, 2.05) is 103 Å². The van der Waals surface area contributed by atoms with E-state index in [2.05, 4.69) is 26.2 Å². The second-order valence-electron chi connectivity index (χ2n) is 16.0. The van der Waals surface area contributed by atoms with Crippen LogP contribution < -0.4 is 0 Å². The van der Waals surface area contributed by atoms with Crippen molar-refractivity contribution in [2.75, 3.05) is 14.2 Å². The number of rotatable bonds is 12. The quantitative estimate of drug-likeness (QED) is 0.0446. The minimum Gasteiger partial charge on any atom is -0.544 e. The fraction of sp³-hybridized carbons (Fsp3) is 0.275. The number of hydrogen-bond acceptors (Lipinski definition) is 10. The van der Waals surface area contributed by atoms with E-state index in [0.717, 1.165) is 22.4 Å². The normalized spacial score (nSPS) is 22.0. The van der Waals surface area contributed by atoms with Gasteiger partial charge in [-0.05, 0) is 50.7 Å². The van der Waals surface area contributed by atoms with Gasteiger partial charge in [0, 0.05) is 30.0 Å². The van der Waals surface area contributed by atoms with Gasteiger partial charge >= 0.3 is 11.9 Å². The molecule has 0 aliphatic carbocycles. The van der Waals surface area contributed by atoms with Gasteiger partial charge in [-0.3, -0.25) is 24.0 Å². The van der Waals surface area contributed by atoms with Crippen LogP contribution in [0.2, 0.25) is 19.6 Å². The number of esters is 2. The molecule has 10 nitrogen and oxygen atoms in total. The van der Waals surface area contributed by atoms with Crippen LogP contribution in [0.1, 0.15) is 53.7 Å². The minimum atomic E-state index is -1.50. The van der Waals surface area contributed by atoms with E-state index in [-0.39, 0.29) is 30.2 Å². The summed E-state index contributed by atoms with van der Waals surface area (Å²) in [6.45, 7) is 13.5. The molecular weight excluding hydrogens is 801 g/mol. The molecule has 2 aliphatic rings. The number of ether oxygens (including phenoxy) is 4. The Morgan fingerprint density at radius 1 is 0.694 bits per heavy atom. The Labute approximate surface area is 366 Å². The molecule has 4 aromatic carbocycles. The molecule has 6 rings (SSSR count). The Hall–Kier alpha value is -6.43. The van der Waals surface area contributed by atoms with Gasteiger partial charge in [0.25, 0.3) is 0 Å². The van der Waals surface area contributed by atoms with Crippen LogP contribution in [-0.4, -0.2) is 70.1 Å². The summed E-state index contributed by atoms with van der Waals surface area (Å²) in [6.07, 6.45) is 7.53. The van der Waals surface area contributed by atoms with Crippen molar-refractivity contribution < 1.29 is 47.3 Å². The van der Waals surface area contributed by atoms with Gasteiger partial charge in [-0.2, -0.15) is 0 Å². The van der Waals surface area contributed by atoms with Crippen molar-refractivity contribution in [3.05, 3.63) is 175 Å². The molecule has 0 spiro atoms. The summed E-state index contributed by atoms with van der Waals surface area (Å²) < 4.78 is 26.9. The first-order chi connectivity index (χ1) is 29.5. The maximum atomic E-state index is 12.9. The van der Waals surface area contributed by atoms with Crippen LogP contribution in [0.15, 0.2) is 152 Å². The van der Waals surface area contributed by atoms with Gasteiger partial charge in [0.15, 0.2) is 28.2 Å². The standard InChI is InChI=1S/C24H24O5.C16H16O4.C11H16OSi/c1-24(23(27)28-2)21(26)16-19(15-20(25)18-11-7-4-8-12-18)29-22(24)14-13-17-9-5-3-6-10-17;1-16(15(18)19-2)13(17)10-11-20-14(16)9-8-12-6-4-3-5-7-12;1-10(12-13(2,3)4)11-8-6-5-7-9-11/h3-14,19,22H,15-16H2,1-2H3;3-11,14H,1-2H3;5-9H,1H2,2-4H3/b14-13+;9-8+;/t19-,22-,24-;14-,16-;/m11./s1. The van der Waals surface area contributed by atoms with E-state index in [9.17, 15) is 24.0 Å². The number of methoxy groups -OCH3 is 2. The SMILES string of the molecule is C=C(O[Si](C)(C)C)c1ccccc1.COC(=O)[C@]1(C)C(=O)C=CO[C@@H]1/C=C/c1ccccc1.COC(=O)[C@]1(C)C(=O)C[C@@H](CC(=O)c2ccccc2)O[C@@H]1/C=C/c1ccccc1. The van der Waals surface area contributed by atoms with Gasteiger partial charge < -0.3 is 23.4 Å². The van der Waals surface area contributed by atoms with Crippen molar-refractivity contribution in [1.82, 2.24) is 0 Å². The summed E-state index contributed by atoms with van der Waals surface area (Å²) in [5.74, 6) is -1.16. The number of Topliss-reactive ketones (excluding diaryl/α,β-unsaturated/α-hetero) is 2. The summed E-state index contributed by atoms with van der Waals surface area (Å²) in [4.78, 5) is 61.9. The molecule has 4 aromatic rings. The van der Waals surface area contributed by atoms with Gasteiger partial charge in [-0.25, -0.2) is 0 Å². The number of ketones is 3. The fourth-order valence-electron chi connectivity index (χ4n) is 6.60. The molecule has 0 bridgehead atoms. The monoisotopic (exact) mass is 856 g/mol. The molecule has 0 unspecified atom stereocenters. The van der Waals surface area contributed by atoms with E-state index in [1.165, 1.54) is 40.4 Å². The average molecular weight is 857 g/mol. The molecule has 324 valence electrons. The molecule has 1 fully saturated rings. The first-order valence-corrected chi connectivity index (χ1v) is 23.6. The van der Waals surface area contributed by atoms with Gasteiger partial charge in [0.2, 0.25) is 8.32 Å². The van der Waals surface area contributed by atoms with Crippen molar-refractivity contribution in [2.24, 2.45) is 10.8 Å². The summed E-state index contributed by atoms with van der Waals surface area (Å²) in [5.41, 5.74) is 0.718. The highest BCUT2D eigenvalue weighted by molar-refractivity contribution is 6.70. The van der Waals surface area contributed by atoms with Crippen molar-refractivity contribution in [2.45, 2.75) is 64.6 Å². The second kappa shape index (κ2) is 22.4. The third-order valence-corrected chi connectivity index (χ3v) is 11.1. The Bertz CT molecular complexity index is 2230. The Morgan fingerprint density at radius 3 is 1.63 bits per heavy atom. The molecule has 0 saturated carbocycles. The van der Waals surface area contributed by atoms with Crippen LogP contribution in [0.5, 0.6) is 0 Å². The average Bonchev–Trinajstić information content (AvgIpc) is 3.28. The highest BCUT2D eigenvalue weighted by Crippen LogP contribution is 2.37. The molecular formula is C51H56O10Si. The predicted molar refractivity (Wildman–Crippen MR) is 244 cm³/mol. The number of carbonyl (C=O) groups is 5. The van der Waals surface area contributed by atoms with Crippen molar-refractivity contribution in [3.63, 3.8) is 0 Å². The second-order valence-corrected chi connectivity index (χ2v) is 20.4. The largest absolute Gasteiger partial charge is 0.544 e. The first-order valence-electron chi connectivity index (χ1n) is 20.2. The number of benzene rings is 4. The number of carbonyl (C=O) groups excluding carboxylic acids is 5. The highest BCUT2D eigenvalue weighted by Gasteiger charge is 2.53. The van der Waals surface area contributed by atoms with Crippen LogP contribution in [0.25, 0.3) is 17.9 Å². The zero-order chi connectivity index (χ0) is 45.3. The molecule has 5 atom stereocenters. The van der Waals surface area contributed by atoms with E-state index in [4.69, 9.17) is 23.4 Å². The lowest BCUT2D eigenvalue weighted by atomic mass is 9.74. The predicted octanol–water partition coefficient (Wildman–Crippen LogP) is 9.75. The molecule has 62 heavy (non-hydrogen) atoms. The van der Waals surface area contributed by atoms with Crippen molar-refractivity contribution in [3.8, 4) is 0 Å². The third-order valence-electron chi connectivity index (χ3n) is 10.2. The number of hydrogen-bond donors (Lipinski definition) is 0. The van der Waals surface area contributed by atoms with Gasteiger partial charge in [-0.15, -0.1) is 0 Å².